The van der Waals surface area contributed by atoms with E-state index in [-0.39, 0.29) is 0 Å². The summed E-state index contributed by atoms with van der Waals surface area (Å²) in [5.74, 6) is 2.75. The maximum absolute atomic E-state index is 5.44. The van der Waals surface area contributed by atoms with Gasteiger partial charge in [0.1, 0.15) is 0 Å². The summed E-state index contributed by atoms with van der Waals surface area (Å²) in [6, 6.07) is 6.23. The fourth-order valence-electron chi connectivity index (χ4n) is 1.96. The highest BCUT2D eigenvalue weighted by Crippen LogP contribution is 2.29. The van der Waals surface area contributed by atoms with Gasteiger partial charge in [0.25, 0.3) is 0 Å². The Kier molecular flexibility index (Phi) is 1.98. The van der Waals surface area contributed by atoms with Crippen LogP contribution in [0.25, 0.3) is 0 Å². The Morgan fingerprint density at radius 2 is 2.38 bits per heavy atom. The van der Waals surface area contributed by atoms with E-state index < -0.39 is 0 Å². The van der Waals surface area contributed by atoms with Gasteiger partial charge in [-0.25, -0.2) is 0 Å². The van der Waals surface area contributed by atoms with Gasteiger partial charge in [-0.15, -0.1) is 6.42 Å². The summed E-state index contributed by atoms with van der Waals surface area (Å²) in [5, 5.41) is 0. The zero-order valence-electron chi connectivity index (χ0n) is 7.88. The van der Waals surface area contributed by atoms with Crippen molar-refractivity contribution in [3.8, 4) is 12.3 Å². The number of hydrogen-bond donors (Lipinski definition) is 0. The third kappa shape index (κ3) is 1.19. The van der Waals surface area contributed by atoms with Crippen LogP contribution < -0.4 is 4.90 Å². The predicted octanol–water partition coefficient (Wildman–Crippen LogP) is 2.05. The van der Waals surface area contributed by atoms with Crippen LogP contribution in [0.15, 0.2) is 18.2 Å². The molecule has 66 valence electrons. The van der Waals surface area contributed by atoms with Crippen molar-refractivity contribution in [1.82, 2.24) is 0 Å². The van der Waals surface area contributed by atoms with Crippen molar-refractivity contribution in [2.75, 3.05) is 18.0 Å². The highest BCUT2D eigenvalue weighted by molar-refractivity contribution is 5.63. The number of fused-ring (bicyclic) bond motifs is 1. The summed E-state index contributed by atoms with van der Waals surface area (Å²) in [6.07, 6.45) is 6.54. The van der Waals surface area contributed by atoms with Gasteiger partial charge in [-0.3, -0.25) is 0 Å². The average Bonchev–Trinajstić information content (AvgIpc) is 2.60. The minimum absolute atomic E-state index is 1.06. The van der Waals surface area contributed by atoms with Gasteiger partial charge < -0.3 is 4.90 Å². The van der Waals surface area contributed by atoms with Crippen LogP contribution in [0.1, 0.15) is 18.1 Å². The highest BCUT2D eigenvalue weighted by atomic mass is 15.1. The molecule has 0 N–H and O–H groups in total. The molecule has 0 unspecified atom stereocenters. The molecule has 1 heterocycles. The minimum atomic E-state index is 1.06. The third-order valence-electron chi connectivity index (χ3n) is 2.66. The maximum Gasteiger partial charge on any atom is 0.0412 e. The van der Waals surface area contributed by atoms with E-state index in [0.29, 0.717) is 0 Å². The van der Waals surface area contributed by atoms with Crippen LogP contribution in [0.5, 0.6) is 0 Å². The smallest absolute Gasteiger partial charge is 0.0412 e. The van der Waals surface area contributed by atoms with Crippen molar-refractivity contribution in [3.05, 3.63) is 29.3 Å². The van der Waals surface area contributed by atoms with E-state index in [0.717, 1.165) is 25.1 Å². The lowest BCUT2D eigenvalue weighted by molar-refractivity contribution is 0.868. The van der Waals surface area contributed by atoms with Crippen molar-refractivity contribution >= 4 is 5.69 Å². The quantitative estimate of drug-likeness (QED) is 0.584. The first kappa shape index (κ1) is 8.19. The summed E-state index contributed by atoms with van der Waals surface area (Å²) < 4.78 is 0. The second-order valence-electron chi connectivity index (χ2n) is 3.28. The molecule has 1 aliphatic heterocycles. The summed E-state index contributed by atoms with van der Waals surface area (Å²) in [6.45, 7) is 4.36. The standard InChI is InChI=1S/C12H13N/c1-3-10-6-5-7-12-11(10)8-9-13(12)4-2/h1,5-7H,4,8-9H2,2H3. The van der Waals surface area contributed by atoms with Gasteiger partial charge in [0, 0.05) is 24.3 Å². The molecule has 0 atom stereocenters. The second-order valence-corrected chi connectivity index (χ2v) is 3.28. The molecular weight excluding hydrogens is 158 g/mol. The summed E-state index contributed by atoms with van der Waals surface area (Å²) >= 11 is 0. The zero-order valence-corrected chi connectivity index (χ0v) is 7.88. The van der Waals surface area contributed by atoms with Crippen LogP contribution in [0, 0.1) is 12.3 Å². The third-order valence-corrected chi connectivity index (χ3v) is 2.66. The van der Waals surface area contributed by atoms with Crippen molar-refractivity contribution in [3.63, 3.8) is 0 Å². The normalized spacial score (nSPS) is 14.0. The first-order chi connectivity index (χ1) is 6.36. The molecule has 13 heavy (non-hydrogen) atoms. The molecule has 0 fully saturated rings. The van der Waals surface area contributed by atoms with Crippen molar-refractivity contribution in [2.45, 2.75) is 13.3 Å². The predicted molar refractivity (Wildman–Crippen MR) is 56.0 cm³/mol. The molecule has 1 aliphatic rings. The first-order valence-corrected chi connectivity index (χ1v) is 4.70. The fraction of sp³-hybridized carbons (Fsp3) is 0.333. The van der Waals surface area contributed by atoms with E-state index in [1.54, 1.807) is 0 Å². The van der Waals surface area contributed by atoms with Crippen LogP contribution >= 0.6 is 0 Å². The molecule has 1 nitrogen and oxygen atoms in total. The first-order valence-electron chi connectivity index (χ1n) is 4.70. The zero-order chi connectivity index (χ0) is 9.26. The summed E-state index contributed by atoms with van der Waals surface area (Å²) in [5.41, 5.74) is 3.75. The molecule has 0 aliphatic carbocycles. The lowest BCUT2D eigenvalue weighted by atomic mass is 10.1. The average molecular weight is 171 g/mol. The molecule has 0 aromatic heterocycles. The largest absolute Gasteiger partial charge is 0.371 e. The number of anilines is 1. The number of hydrogen-bond acceptors (Lipinski definition) is 1. The number of benzene rings is 1. The molecule has 1 heteroatoms. The van der Waals surface area contributed by atoms with Crippen LogP contribution in [0.4, 0.5) is 5.69 Å². The van der Waals surface area contributed by atoms with Gasteiger partial charge in [0.2, 0.25) is 0 Å². The second kappa shape index (κ2) is 3.14. The lowest BCUT2D eigenvalue weighted by Gasteiger charge is -2.16. The Morgan fingerprint density at radius 1 is 1.54 bits per heavy atom. The van der Waals surface area contributed by atoms with E-state index >= 15 is 0 Å². The Hall–Kier alpha value is -1.42. The monoisotopic (exact) mass is 171 g/mol. The van der Waals surface area contributed by atoms with E-state index in [1.165, 1.54) is 11.3 Å². The molecule has 0 spiro atoms. The molecule has 0 saturated carbocycles. The molecule has 1 aromatic rings. The molecule has 0 bridgehead atoms. The van der Waals surface area contributed by atoms with Gasteiger partial charge in [-0.1, -0.05) is 12.0 Å². The van der Waals surface area contributed by atoms with Crippen LogP contribution in [0.3, 0.4) is 0 Å². The highest BCUT2D eigenvalue weighted by Gasteiger charge is 2.18. The van der Waals surface area contributed by atoms with E-state index in [4.69, 9.17) is 6.42 Å². The molecule has 0 amide bonds. The molecular formula is C12H13N. The fourth-order valence-corrected chi connectivity index (χ4v) is 1.96. The number of terminal acetylenes is 1. The lowest BCUT2D eigenvalue weighted by Crippen LogP contribution is -2.18. The van der Waals surface area contributed by atoms with Gasteiger partial charge in [0.15, 0.2) is 0 Å². The van der Waals surface area contributed by atoms with Gasteiger partial charge in [0.05, 0.1) is 0 Å². The topological polar surface area (TPSA) is 3.24 Å². The van der Waals surface area contributed by atoms with Crippen molar-refractivity contribution in [1.29, 1.82) is 0 Å². The Morgan fingerprint density at radius 3 is 3.08 bits per heavy atom. The number of nitrogens with zero attached hydrogens (tertiary/aromatic N) is 1. The molecule has 0 radical (unpaired) electrons. The van der Waals surface area contributed by atoms with Gasteiger partial charge >= 0.3 is 0 Å². The summed E-state index contributed by atoms with van der Waals surface area (Å²) in [7, 11) is 0. The van der Waals surface area contributed by atoms with E-state index in [1.807, 2.05) is 12.1 Å². The van der Waals surface area contributed by atoms with Gasteiger partial charge in [-0.2, -0.15) is 0 Å². The van der Waals surface area contributed by atoms with Crippen LogP contribution in [-0.2, 0) is 6.42 Å². The maximum atomic E-state index is 5.44. The number of rotatable bonds is 1. The Bertz CT molecular complexity index is 360. The molecule has 2 rings (SSSR count). The number of likely N-dealkylation sites (N-methyl/N-ethyl adjacent to an activating group) is 1. The van der Waals surface area contributed by atoms with Crippen LogP contribution in [-0.4, -0.2) is 13.1 Å². The van der Waals surface area contributed by atoms with E-state index in [9.17, 15) is 0 Å². The summed E-state index contributed by atoms with van der Waals surface area (Å²) in [4.78, 5) is 2.37. The Balaban J connectivity index is 2.50. The SMILES string of the molecule is C#Cc1cccc2c1CCN2CC. The van der Waals surface area contributed by atoms with Crippen molar-refractivity contribution < 1.29 is 0 Å². The molecule has 0 saturated heterocycles. The van der Waals surface area contributed by atoms with E-state index in [2.05, 4.69) is 23.8 Å². The van der Waals surface area contributed by atoms with Gasteiger partial charge in [-0.05, 0) is 31.0 Å². The van der Waals surface area contributed by atoms with Crippen LogP contribution in [0.2, 0.25) is 0 Å². The molecule has 1 aromatic carbocycles. The Labute approximate surface area is 79.4 Å². The van der Waals surface area contributed by atoms with Crippen molar-refractivity contribution in [2.24, 2.45) is 0 Å². The minimum Gasteiger partial charge on any atom is -0.371 e.